The number of carbonyl (C=O) groups excluding carboxylic acids is 1. The maximum atomic E-state index is 12.3. The Bertz CT molecular complexity index is 779. The number of H-pyrrole nitrogens is 1. The number of aromatic amines is 1. The average Bonchev–Trinajstić information content (AvgIpc) is 2.91. The molecule has 1 aromatic carbocycles. The van der Waals surface area contributed by atoms with Gasteiger partial charge < -0.3 is 14.7 Å². The molecule has 0 unspecified atom stereocenters. The molecule has 2 N–H and O–H groups in total. The van der Waals surface area contributed by atoms with Gasteiger partial charge in [-0.05, 0) is 39.0 Å². The van der Waals surface area contributed by atoms with E-state index in [1.165, 1.54) is 0 Å². The van der Waals surface area contributed by atoms with Gasteiger partial charge >= 0.3 is 0 Å². The summed E-state index contributed by atoms with van der Waals surface area (Å²) in [5.41, 5.74) is 3.94. The van der Waals surface area contributed by atoms with E-state index in [0.717, 1.165) is 28.1 Å². The van der Waals surface area contributed by atoms with Gasteiger partial charge in [-0.2, -0.15) is 0 Å². The van der Waals surface area contributed by atoms with Crippen LogP contribution >= 0.6 is 0 Å². The van der Waals surface area contributed by atoms with Gasteiger partial charge in [0.1, 0.15) is 11.6 Å². The summed E-state index contributed by atoms with van der Waals surface area (Å²) in [5, 5.41) is 2.88. The number of amides is 1. The van der Waals surface area contributed by atoms with Crippen molar-refractivity contribution in [3.05, 3.63) is 47.2 Å². The molecule has 0 atom stereocenters. The van der Waals surface area contributed by atoms with Crippen LogP contribution in [0.25, 0.3) is 11.0 Å². The summed E-state index contributed by atoms with van der Waals surface area (Å²) >= 11 is 0. The Morgan fingerprint density at radius 1 is 1.30 bits per heavy atom. The van der Waals surface area contributed by atoms with Crippen LogP contribution in [-0.2, 0) is 0 Å². The highest BCUT2D eigenvalue weighted by atomic mass is 16.3. The van der Waals surface area contributed by atoms with Gasteiger partial charge in [-0.1, -0.05) is 0 Å². The third kappa shape index (κ3) is 2.07. The Morgan fingerprint density at radius 2 is 2.10 bits per heavy atom. The van der Waals surface area contributed by atoms with E-state index < -0.39 is 0 Å². The first-order valence-electron chi connectivity index (χ1n) is 6.37. The van der Waals surface area contributed by atoms with E-state index in [1.54, 1.807) is 13.2 Å². The number of nitrogens with zero attached hydrogens (tertiary/aromatic N) is 1. The molecule has 2 aromatic heterocycles. The van der Waals surface area contributed by atoms with Gasteiger partial charge in [0, 0.05) is 11.3 Å². The quantitative estimate of drug-likeness (QED) is 0.749. The van der Waals surface area contributed by atoms with Crippen molar-refractivity contribution in [1.29, 1.82) is 0 Å². The number of imidazole rings is 1. The first-order chi connectivity index (χ1) is 9.54. The molecule has 0 aliphatic carbocycles. The first-order valence-corrected chi connectivity index (χ1v) is 6.37. The van der Waals surface area contributed by atoms with Crippen LogP contribution in [0.15, 0.2) is 28.9 Å². The molecule has 0 saturated heterocycles. The molecule has 3 aromatic rings. The summed E-state index contributed by atoms with van der Waals surface area (Å²) in [6.07, 6.45) is 1.59. The first kappa shape index (κ1) is 12.5. The lowest BCUT2D eigenvalue weighted by molar-refractivity contribution is 0.102. The number of nitrogens with one attached hydrogen (secondary N) is 2. The van der Waals surface area contributed by atoms with Crippen LogP contribution < -0.4 is 5.32 Å². The minimum Gasteiger partial charge on any atom is -0.469 e. The molecule has 3 rings (SSSR count). The Morgan fingerprint density at radius 3 is 2.80 bits per heavy atom. The van der Waals surface area contributed by atoms with E-state index >= 15 is 0 Å². The number of carbonyl (C=O) groups is 1. The van der Waals surface area contributed by atoms with E-state index in [2.05, 4.69) is 15.3 Å². The Balaban J connectivity index is 1.91. The topological polar surface area (TPSA) is 70.9 Å². The fraction of sp³-hybridized carbons (Fsp3) is 0.200. The van der Waals surface area contributed by atoms with Crippen molar-refractivity contribution in [1.82, 2.24) is 9.97 Å². The van der Waals surface area contributed by atoms with Crippen LogP contribution in [0, 0.1) is 20.8 Å². The number of furan rings is 1. The van der Waals surface area contributed by atoms with Crippen LogP contribution in [-0.4, -0.2) is 15.9 Å². The van der Waals surface area contributed by atoms with E-state index in [4.69, 9.17) is 4.42 Å². The van der Waals surface area contributed by atoms with Crippen molar-refractivity contribution in [2.45, 2.75) is 20.8 Å². The SMILES string of the molecule is Cc1nc2ccc(NC(=O)c3c(C)coc3C)cc2[nH]1. The number of hydrogen-bond donors (Lipinski definition) is 2. The second-order valence-corrected chi connectivity index (χ2v) is 4.86. The van der Waals surface area contributed by atoms with Crippen molar-refractivity contribution in [3.63, 3.8) is 0 Å². The predicted molar refractivity (Wildman–Crippen MR) is 77.0 cm³/mol. The third-order valence-corrected chi connectivity index (χ3v) is 3.24. The lowest BCUT2D eigenvalue weighted by Crippen LogP contribution is -2.13. The summed E-state index contributed by atoms with van der Waals surface area (Å²) < 4.78 is 5.25. The number of fused-ring (bicyclic) bond motifs is 1. The highest BCUT2D eigenvalue weighted by Crippen LogP contribution is 2.20. The monoisotopic (exact) mass is 269 g/mol. The fourth-order valence-electron chi connectivity index (χ4n) is 2.32. The van der Waals surface area contributed by atoms with Crippen molar-refractivity contribution < 1.29 is 9.21 Å². The lowest BCUT2D eigenvalue weighted by Gasteiger charge is -2.05. The molecule has 0 spiro atoms. The highest BCUT2D eigenvalue weighted by molar-refractivity contribution is 6.06. The number of anilines is 1. The maximum Gasteiger partial charge on any atom is 0.259 e. The number of benzene rings is 1. The largest absolute Gasteiger partial charge is 0.469 e. The summed E-state index contributed by atoms with van der Waals surface area (Å²) in [6, 6.07) is 5.59. The summed E-state index contributed by atoms with van der Waals surface area (Å²) in [6.45, 7) is 5.53. The minimum atomic E-state index is -0.163. The predicted octanol–water partition coefficient (Wildman–Crippen LogP) is 3.33. The van der Waals surface area contributed by atoms with Crippen LogP contribution in [0.2, 0.25) is 0 Å². The van der Waals surface area contributed by atoms with Gasteiger partial charge in [-0.3, -0.25) is 4.79 Å². The molecule has 2 heterocycles. The standard InChI is InChI=1S/C15H15N3O2/c1-8-7-20-9(2)14(8)15(19)18-11-4-5-12-13(6-11)17-10(3)16-12/h4-7H,1-3H3,(H,16,17)(H,18,19). The fourth-order valence-corrected chi connectivity index (χ4v) is 2.32. The normalized spacial score (nSPS) is 10.9. The Hall–Kier alpha value is -2.56. The van der Waals surface area contributed by atoms with Crippen LogP contribution in [0.3, 0.4) is 0 Å². The van der Waals surface area contributed by atoms with Crippen molar-refractivity contribution in [3.8, 4) is 0 Å². The van der Waals surface area contributed by atoms with Gasteiger partial charge in [-0.25, -0.2) is 4.98 Å². The number of aromatic nitrogens is 2. The second kappa shape index (κ2) is 4.52. The molecule has 102 valence electrons. The molecule has 0 aliphatic rings. The number of hydrogen-bond acceptors (Lipinski definition) is 3. The van der Waals surface area contributed by atoms with Crippen molar-refractivity contribution >= 4 is 22.6 Å². The second-order valence-electron chi connectivity index (χ2n) is 4.86. The minimum absolute atomic E-state index is 0.163. The van der Waals surface area contributed by atoms with Gasteiger partial charge in [0.2, 0.25) is 0 Å². The molecule has 0 radical (unpaired) electrons. The van der Waals surface area contributed by atoms with E-state index in [-0.39, 0.29) is 5.91 Å². The van der Waals surface area contributed by atoms with Crippen LogP contribution in [0.4, 0.5) is 5.69 Å². The molecule has 5 nitrogen and oxygen atoms in total. The molecule has 0 bridgehead atoms. The maximum absolute atomic E-state index is 12.3. The molecule has 1 amide bonds. The lowest BCUT2D eigenvalue weighted by atomic mass is 10.1. The Kier molecular flexibility index (Phi) is 2.82. The van der Waals surface area contributed by atoms with Crippen molar-refractivity contribution in [2.24, 2.45) is 0 Å². The van der Waals surface area contributed by atoms with Gasteiger partial charge in [0.25, 0.3) is 5.91 Å². The summed E-state index contributed by atoms with van der Waals surface area (Å²) in [4.78, 5) is 19.7. The number of aryl methyl sites for hydroxylation is 3. The molecule has 20 heavy (non-hydrogen) atoms. The van der Waals surface area contributed by atoms with E-state index in [9.17, 15) is 4.79 Å². The van der Waals surface area contributed by atoms with Gasteiger partial charge in [0.05, 0.1) is 22.9 Å². The van der Waals surface area contributed by atoms with Gasteiger partial charge in [-0.15, -0.1) is 0 Å². The zero-order valence-corrected chi connectivity index (χ0v) is 11.6. The highest BCUT2D eigenvalue weighted by Gasteiger charge is 2.15. The molecular formula is C15H15N3O2. The molecule has 0 aliphatic heterocycles. The molecule has 0 saturated carbocycles. The summed E-state index contributed by atoms with van der Waals surface area (Å²) in [5.74, 6) is 1.31. The van der Waals surface area contributed by atoms with Gasteiger partial charge in [0.15, 0.2) is 0 Å². The smallest absolute Gasteiger partial charge is 0.259 e. The average molecular weight is 269 g/mol. The zero-order chi connectivity index (χ0) is 14.3. The Labute approximate surface area is 116 Å². The zero-order valence-electron chi connectivity index (χ0n) is 11.6. The van der Waals surface area contributed by atoms with E-state index in [1.807, 2.05) is 32.0 Å². The van der Waals surface area contributed by atoms with E-state index in [0.29, 0.717) is 11.3 Å². The summed E-state index contributed by atoms with van der Waals surface area (Å²) in [7, 11) is 0. The van der Waals surface area contributed by atoms with Crippen molar-refractivity contribution in [2.75, 3.05) is 5.32 Å². The van der Waals surface area contributed by atoms with Crippen LogP contribution in [0.5, 0.6) is 0 Å². The molecule has 5 heteroatoms. The number of rotatable bonds is 2. The molecule has 0 fully saturated rings. The third-order valence-electron chi connectivity index (χ3n) is 3.24. The molecular weight excluding hydrogens is 254 g/mol. The van der Waals surface area contributed by atoms with Crippen LogP contribution in [0.1, 0.15) is 27.5 Å².